The van der Waals surface area contributed by atoms with Crippen LogP contribution >= 0.6 is 0 Å². The lowest BCUT2D eigenvalue weighted by Crippen LogP contribution is -2.41. The minimum Gasteiger partial charge on any atom is -0.598 e. The fourth-order valence-electron chi connectivity index (χ4n) is 3.58. The van der Waals surface area contributed by atoms with E-state index < -0.39 is 11.4 Å². The van der Waals surface area contributed by atoms with Gasteiger partial charge in [-0.2, -0.15) is 0 Å². The van der Waals surface area contributed by atoms with Crippen LogP contribution in [0.15, 0.2) is 23.1 Å². The largest absolute Gasteiger partial charge is 0.598 e. The molecule has 0 spiro atoms. The van der Waals surface area contributed by atoms with Crippen molar-refractivity contribution in [2.45, 2.75) is 72.1 Å². The smallest absolute Gasteiger partial charge is 0.259 e. The lowest BCUT2D eigenvalue weighted by molar-refractivity contribution is 0.279. The van der Waals surface area contributed by atoms with Crippen LogP contribution in [0.3, 0.4) is 0 Å². The molecule has 1 fully saturated rings. The molecule has 0 radical (unpaired) electrons. The van der Waals surface area contributed by atoms with Gasteiger partial charge in [0.2, 0.25) is 0 Å². The summed E-state index contributed by atoms with van der Waals surface area (Å²) in [5.74, 6) is 0.736. The van der Waals surface area contributed by atoms with E-state index in [1.807, 2.05) is 46.9 Å². The predicted molar refractivity (Wildman–Crippen MR) is 121 cm³/mol. The quantitative estimate of drug-likeness (QED) is 0.766. The molecule has 3 rings (SSSR count). The Kier molecular flexibility index (Phi) is 6.05. The van der Waals surface area contributed by atoms with Crippen molar-refractivity contribution in [3.05, 3.63) is 39.8 Å². The number of aromatic nitrogens is 2. The summed E-state index contributed by atoms with van der Waals surface area (Å²) in [5.41, 5.74) is 2.75. The Morgan fingerprint density at radius 2 is 1.86 bits per heavy atom. The summed E-state index contributed by atoms with van der Waals surface area (Å²) >= 11 is -1.22. The molecule has 0 amide bonds. The van der Waals surface area contributed by atoms with E-state index in [2.05, 4.69) is 23.5 Å². The van der Waals surface area contributed by atoms with Crippen molar-refractivity contribution in [1.29, 1.82) is 0 Å². The number of aryl methyl sites for hydroxylation is 1. The van der Waals surface area contributed by atoms with E-state index in [9.17, 15) is 9.35 Å². The average Bonchev–Trinajstić information content (AvgIpc) is 2.60. The summed E-state index contributed by atoms with van der Waals surface area (Å²) in [4.78, 5) is 20.0. The van der Waals surface area contributed by atoms with Crippen LogP contribution in [-0.2, 0) is 11.4 Å². The summed E-state index contributed by atoms with van der Waals surface area (Å²) in [5, 5.41) is 0. The van der Waals surface area contributed by atoms with Gasteiger partial charge in [0.15, 0.2) is 0 Å². The lowest BCUT2D eigenvalue weighted by atomic mass is 9.83. The van der Waals surface area contributed by atoms with Gasteiger partial charge in [0, 0.05) is 42.3 Å². The van der Waals surface area contributed by atoms with E-state index in [0.29, 0.717) is 11.1 Å². The van der Waals surface area contributed by atoms with Gasteiger partial charge in [0.25, 0.3) is 5.56 Å². The molecule has 0 bridgehead atoms. The van der Waals surface area contributed by atoms with Crippen LogP contribution in [0.1, 0.15) is 71.6 Å². The number of nitrogens with zero attached hydrogens (tertiary/aromatic N) is 3. The number of hydrogen-bond acceptors (Lipinski definition) is 5. The molecule has 0 aromatic carbocycles. The summed E-state index contributed by atoms with van der Waals surface area (Å²) < 4.78 is 17.0. The Labute approximate surface area is 177 Å². The maximum Gasteiger partial charge on any atom is 0.259 e. The van der Waals surface area contributed by atoms with E-state index in [0.717, 1.165) is 42.9 Å². The molecule has 6 nitrogen and oxygen atoms in total. The first-order chi connectivity index (χ1) is 13.4. The van der Waals surface area contributed by atoms with Gasteiger partial charge in [-0.05, 0) is 64.5 Å². The van der Waals surface area contributed by atoms with Crippen molar-refractivity contribution < 1.29 is 4.55 Å². The second kappa shape index (κ2) is 7.93. The highest BCUT2D eigenvalue weighted by molar-refractivity contribution is 7.90. The molecule has 0 unspecified atom stereocenters. The lowest BCUT2D eigenvalue weighted by Gasteiger charge is -2.37. The van der Waals surface area contributed by atoms with Crippen molar-refractivity contribution in [2.75, 3.05) is 18.0 Å². The molecular weight excluding hydrogens is 384 g/mol. The third-order valence-electron chi connectivity index (χ3n) is 5.66. The van der Waals surface area contributed by atoms with Crippen LogP contribution in [0, 0.1) is 12.3 Å². The van der Waals surface area contributed by atoms with Gasteiger partial charge in [0.05, 0.1) is 6.04 Å². The molecule has 1 N–H and O–H groups in total. The number of fused-ring (bicyclic) bond motifs is 1. The van der Waals surface area contributed by atoms with E-state index in [-0.39, 0.29) is 16.3 Å². The third kappa shape index (κ3) is 4.95. The first kappa shape index (κ1) is 22.1. The predicted octanol–water partition coefficient (Wildman–Crippen LogP) is 3.74. The van der Waals surface area contributed by atoms with Crippen molar-refractivity contribution in [2.24, 2.45) is 5.41 Å². The van der Waals surface area contributed by atoms with Gasteiger partial charge in [-0.3, -0.25) is 9.20 Å². The minimum atomic E-state index is -1.22. The standard InChI is InChI=1S/C22H34N4O2S/c1-15-12-17(16(2)24-29(28)21(3,4)5)20-23-18(13-19(27)26(20)14-15)25-10-8-22(6,7)9-11-25/h12-14,16,24H,8-11H2,1-7H3/t16-,29-/m1/s1. The molecule has 2 aromatic rings. The van der Waals surface area contributed by atoms with Gasteiger partial charge >= 0.3 is 0 Å². The number of nitrogens with one attached hydrogen (secondary N) is 1. The minimum absolute atomic E-state index is 0.0797. The van der Waals surface area contributed by atoms with Crippen molar-refractivity contribution in [3.63, 3.8) is 0 Å². The molecule has 1 aliphatic heterocycles. The van der Waals surface area contributed by atoms with Crippen molar-refractivity contribution in [1.82, 2.24) is 14.1 Å². The Bertz CT molecular complexity index is 938. The van der Waals surface area contributed by atoms with Crippen LogP contribution in [0.25, 0.3) is 5.65 Å². The highest BCUT2D eigenvalue weighted by atomic mass is 32.2. The number of rotatable bonds is 4. The second-order valence-corrected chi connectivity index (χ2v) is 12.0. The number of hydrogen-bond donors (Lipinski definition) is 1. The molecule has 1 saturated heterocycles. The monoisotopic (exact) mass is 418 g/mol. The van der Waals surface area contributed by atoms with E-state index in [4.69, 9.17) is 4.98 Å². The third-order valence-corrected chi connectivity index (χ3v) is 7.34. The van der Waals surface area contributed by atoms with Crippen LogP contribution < -0.4 is 15.2 Å². The first-order valence-corrected chi connectivity index (χ1v) is 11.5. The molecule has 2 atom stereocenters. The summed E-state index contributed by atoms with van der Waals surface area (Å²) in [6.07, 6.45) is 3.99. The zero-order valence-corrected chi connectivity index (χ0v) is 19.5. The molecule has 160 valence electrons. The zero-order chi connectivity index (χ0) is 21.6. The van der Waals surface area contributed by atoms with E-state index in [1.165, 1.54) is 0 Å². The molecule has 1 aliphatic rings. The van der Waals surface area contributed by atoms with Gasteiger partial charge < -0.3 is 9.45 Å². The summed E-state index contributed by atoms with van der Waals surface area (Å²) in [7, 11) is 0. The molecule has 0 aliphatic carbocycles. The van der Waals surface area contributed by atoms with Gasteiger partial charge in [-0.15, -0.1) is 4.72 Å². The molecule has 29 heavy (non-hydrogen) atoms. The Hall–Kier alpha value is -1.57. The van der Waals surface area contributed by atoms with Crippen LogP contribution in [-0.4, -0.2) is 31.8 Å². The number of pyridine rings is 1. The highest BCUT2D eigenvalue weighted by Gasteiger charge is 2.30. The molecule has 3 heterocycles. The Morgan fingerprint density at radius 3 is 2.45 bits per heavy atom. The van der Waals surface area contributed by atoms with Gasteiger partial charge in [0.1, 0.15) is 16.2 Å². The van der Waals surface area contributed by atoms with E-state index >= 15 is 0 Å². The Balaban J connectivity index is 2.02. The molecule has 0 saturated carbocycles. The fourth-order valence-corrected chi connectivity index (χ4v) is 4.38. The van der Waals surface area contributed by atoms with Crippen molar-refractivity contribution >= 4 is 22.8 Å². The Morgan fingerprint density at radius 1 is 1.24 bits per heavy atom. The molecule has 2 aromatic heterocycles. The average molecular weight is 419 g/mol. The fraction of sp³-hybridized carbons (Fsp3) is 0.636. The second-order valence-electron chi connectivity index (χ2n) is 9.99. The zero-order valence-electron chi connectivity index (χ0n) is 18.7. The maximum absolute atomic E-state index is 12.9. The number of anilines is 1. The van der Waals surface area contributed by atoms with E-state index in [1.54, 1.807) is 10.5 Å². The SMILES string of the molecule is Cc1cc([C@@H](C)N[S@+]([O-])C(C)(C)C)c2nc(N3CCC(C)(C)CC3)cc(=O)n2c1. The van der Waals surface area contributed by atoms with Gasteiger partial charge in [-0.1, -0.05) is 13.8 Å². The van der Waals surface area contributed by atoms with Crippen LogP contribution in [0.2, 0.25) is 0 Å². The summed E-state index contributed by atoms with van der Waals surface area (Å²) in [6.45, 7) is 16.1. The van der Waals surface area contributed by atoms with Crippen LogP contribution in [0.5, 0.6) is 0 Å². The normalized spacial score (nSPS) is 19.4. The van der Waals surface area contributed by atoms with Crippen molar-refractivity contribution in [3.8, 4) is 0 Å². The first-order valence-electron chi connectivity index (χ1n) is 10.3. The maximum atomic E-state index is 12.9. The molecule has 7 heteroatoms. The number of piperidine rings is 1. The van der Waals surface area contributed by atoms with Gasteiger partial charge in [-0.25, -0.2) is 4.98 Å². The van der Waals surface area contributed by atoms with Crippen LogP contribution in [0.4, 0.5) is 5.82 Å². The topological polar surface area (TPSA) is 72.7 Å². The highest BCUT2D eigenvalue weighted by Crippen LogP contribution is 2.32. The molecular formula is C22H34N4O2S. The summed E-state index contributed by atoms with van der Waals surface area (Å²) in [6, 6.07) is 3.47.